The zero-order chi connectivity index (χ0) is 22.8. The number of aliphatic hydroxyl groups excluding tert-OH is 1. The van der Waals surface area contributed by atoms with Gasteiger partial charge in [0.25, 0.3) is 11.7 Å². The highest BCUT2D eigenvalue weighted by molar-refractivity contribution is 6.46. The van der Waals surface area contributed by atoms with Gasteiger partial charge in [-0.15, -0.1) is 0 Å². The predicted molar refractivity (Wildman–Crippen MR) is 124 cm³/mol. The molecule has 2 aliphatic heterocycles. The van der Waals surface area contributed by atoms with Crippen molar-refractivity contribution in [3.63, 3.8) is 0 Å². The van der Waals surface area contributed by atoms with Crippen LogP contribution in [0.1, 0.15) is 41.1 Å². The summed E-state index contributed by atoms with van der Waals surface area (Å²) >= 11 is 0. The highest BCUT2D eigenvalue weighted by Gasteiger charge is 2.45. The fraction of sp³-hybridized carbons (Fsp3) is 0.385. The fourth-order valence-electron chi connectivity index (χ4n) is 4.52. The van der Waals surface area contributed by atoms with E-state index in [-0.39, 0.29) is 11.3 Å². The van der Waals surface area contributed by atoms with Crippen LogP contribution in [0.3, 0.4) is 0 Å². The van der Waals surface area contributed by atoms with Gasteiger partial charge in [0.15, 0.2) is 0 Å². The summed E-state index contributed by atoms with van der Waals surface area (Å²) in [6.45, 7) is 3.90. The van der Waals surface area contributed by atoms with Crippen molar-refractivity contribution in [2.75, 3.05) is 33.8 Å². The summed E-state index contributed by atoms with van der Waals surface area (Å²) < 4.78 is 5.68. The normalized spacial score (nSPS) is 19.9. The summed E-state index contributed by atoms with van der Waals surface area (Å²) in [5, 5.41) is 11.3. The van der Waals surface area contributed by atoms with E-state index in [1.54, 1.807) is 11.0 Å². The van der Waals surface area contributed by atoms with Gasteiger partial charge in [-0.05, 0) is 76.2 Å². The standard InChI is InChI=1S/C26H30N2O4/c1-17-7-4-8-19(15-17)23-22(25(30)26(31)28(23)13-6-12-27(2)3)24(29)20-10-11-21-18(16-20)9-5-14-32-21/h4,7-8,10-11,15-16,23,29H,5-6,9,12-14H2,1-3H3/b24-22-. The quantitative estimate of drug-likeness (QED) is 0.427. The van der Waals surface area contributed by atoms with Gasteiger partial charge in [-0.3, -0.25) is 9.59 Å². The average molecular weight is 435 g/mol. The molecule has 32 heavy (non-hydrogen) atoms. The third-order valence-electron chi connectivity index (χ3n) is 6.08. The highest BCUT2D eigenvalue weighted by Crippen LogP contribution is 2.40. The molecule has 0 radical (unpaired) electrons. The number of nitrogens with zero attached hydrogens (tertiary/aromatic N) is 2. The molecule has 1 fully saturated rings. The second kappa shape index (κ2) is 9.17. The molecule has 1 unspecified atom stereocenters. The Morgan fingerprint density at radius 2 is 2.00 bits per heavy atom. The van der Waals surface area contributed by atoms with E-state index in [1.807, 2.05) is 62.3 Å². The smallest absolute Gasteiger partial charge is 0.295 e. The van der Waals surface area contributed by atoms with Gasteiger partial charge in [-0.1, -0.05) is 29.8 Å². The SMILES string of the molecule is Cc1cccc(C2/C(=C(/O)c3ccc4c(c3)CCCO4)C(=O)C(=O)N2CCCN(C)C)c1. The Kier molecular flexibility index (Phi) is 6.33. The lowest BCUT2D eigenvalue weighted by molar-refractivity contribution is -0.139. The molecule has 0 spiro atoms. The number of Topliss-reactive ketones (excluding diaryl/α,β-unsaturated/α-hetero) is 1. The van der Waals surface area contributed by atoms with Crippen LogP contribution in [0.4, 0.5) is 0 Å². The number of aliphatic hydroxyl groups is 1. The molecule has 1 atom stereocenters. The number of amides is 1. The van der Waals surface area contributed by atoms with E-state index in [1.165, 1.54) is 0 Å². The number of likely N-dealkylation sites (tertiary alicyclic amines) is 1. The molecule has 4 rings (SSSR count). The molecule has 6 heteroatoms. The molecular weight excluding hydrogens is 404 g/mol. The van der Waals surface area contributed by atoms with Crippen LogP contribution in [0.15, 0.2) is 48.0 Å². The first-order valence-corrected chi connectivity index (χ1v) is 11.1. The van der Waals surface area contributed by atoms with E-state index in [0.29, 0.717) is 18.7 Å². The number of rotatable bonds is 6. The van der Waals surface area contributed by atoms with Crippen LogP contribution in [0.5, 0.6) is 5.75 Å². The molecule has 1 saturated heterocycles. The number of benzene rings is 2. The Labute approximate surface area is 189 Å². The summed E-state index contributed by atoms with van der Waals surface area (Å²) in [6, 6.07) is 12.6. The molecule has 1 N–H and O–H groups in total. The van der Waals surface area contributed by atoms with Crippen molar-refractivity contribution < 1.29 is 19.4 Å². The largest absolute Gasteiger partial charge is 0.507 e. The lowest BCUT2D eigenvalue weighted by Crippen LogP contribution is -2.32. The van der Waals surface area contributed by atoms with Gasteiger partial charge in [0.05, 0.1) is 18.2 Å². The third-order valence-corrected chi connectivity index (χ3v) is 6.08. The summed E-state index contributed by atoms with van der Waals surface area (Å²) in [4.78, 5) is 29.8. The van der Waals surface area contributed by atoms with Crippen molar-refractivity contribution >= 4 is 17.4 Å². The van der Waals surface area contributed by atoms with Crippen LogP contribution in [-0.2, 0) is 16.0 Å². The highest BCUT2D eigenvalue weighted by atomic mass is 16.5. The van der Waals surface area contributed by atoms with Crippen LogP contribution in [0.25, 0.3) is 5.76 Å². The molecule has 0 aromatic heterocycles. The van der Waals surface area contributed by atoms with Gasteiger partial charge in [0, 0.05) is 12.1 Å². The zero-order valence-corrected chi connectivity index (χ0v) is 18.9. The van der Waals surface area contributed by atoms with Gasteiger partial charge in [0.2, 0.25) is 0 Å². The van der Waals surface area contributed by atoms with Crippen LogP contribution in [-0.4, -0.2) is 60.4 Å². The first kappa shape index (κ1) is 22.1. The number of ether oxygens (including phenoxy) is 1. The predicted octanol–water partition coefficient (Wildman–Crippen LogP) is 3.69. The van der Waals surface area contributed by atoms with Gasteiger partial charge in [0.1, 0.15) is 11.5 Å². The molecule has 0 saturated carbocycles. The van der Waals surface area contributed by atoms with E-state index < -0.39 is 17.7 Å². The molecular formula is C26H30N2O4. The molecule has 2 aromatic carbocycles. The van der Waals surface area contributed by atoms with Gasteiger partial charge < -0.3 is 19.6 Å². The Morgan fingerprint density at radius 3 is 2.75 bits per heavy atom. The van der Waals surface area contributed by atoms with Gasteiger partial charge in [-0.2, -0.15) is 0 Å². The first-order chi connectivity index (χ1) is 15.4. The number of hydrogen-bond donors (Lipinski definition) is 1. The van der Waals surface area contributed by atoms with Crippen LogP contribution < -0.4 is 4.74 Å². The number of fused-ring (bicyclic) bond motifs is 1. The van der Waals surface area contributed by atoms with Gasteiger partial charge in [-0.25, -0.2) is 0 Å². The Balaban J connectivity index is 1.79. The van der Waals surface area contributed by atoms with Crippen molar-refractivity contribution in [3.05, 3.63) is 70.3 Å². The minimum absolute atomic E-state index is 0.127. The van der Waals surface area contributed by atoms with Crippen molar-refractivity contribution in [2.45, 2.75) is 32.2 Å². The number of aryl methyl sites for hydroxylation is 2. The van der Waals surface area contributed by atoms with E-state index >= 15 is 0 Å². The van der Waals surface area contributed by atoms with E-state index in [4.69, 9.17) is 4.74 Å². The van der Waals surface area contributed by atoms with Crippen molar-refractivity contribution in [2.24, 2.45) is 0 Å². The molecule has 1 amide bonds. The molecule has 6 nitrogen and oxygen atoms in total. The number of carbonyl (C=O) groups is 2. The summed E-state index contributed by atoms with van der Waals surface area (Å²) in [6.07, 6.45) is 2.51. The topological polar surface area (TPSA) is 70.1 Å². The monoisotopic (exact) mass is 434 g/mol. The lowest BCUT2D eigenvalue weighted by Gasteiger charge is -2.26. The maximum absolute atomic E-state index is 13.1. The fourth-order valence-corrected chi connectivity index (χ4v) is 4.52. The number of hydrogen-bond acceptors (Lipinski definition) is 5. The maximum Gasteiger partial charge on any atom is 0.295 e. The van der Waals surface area contributed by atoms with E-state index in [2.05, 4.69) is 0 Å². The number of carbonyl (C=O) groups excluding carboxylic acids is 2. The van der Waals surface area contributed by atoms with Gasteiger partial charge >= 0.3 is 0 Å². The Hall–Kier alpha value is -3.12. The van der Waals surface area contributed by atoms with Crippen LogP contribution in [0.2, 0.25) is 0 Å². The summed E-state index contributed by atoms with van der Waals surface area (Å²) in [7, 11) is 3.96. The second-order valence-corrected chi connectivity index (χ2v) is 8.84. The average Bonchev–Trinajstić information content (AvgIpc) is 3.03. The summed E-state index contributed by atoms with van der Waals surface area (Å²) in [5.41, 5.74) is 3.57. The van der Waals surface area contributed by atoms with Crippen LogP contribution in [0, 0.1) is 6.92 Å². The number of ketones is 1. The maximum atomic E-state index is 13.1. The molecule has 0 aliphatic carbocycles. The van der Waals surface area contributed by atoms with Crippen molar-refractivity contribution in [3.8, 4) is 5.75 Å². The second-order valence-electron chi connectivity index (χ2n) is 8.84. The molecule has 0 bridgehead atoms. The molecule has 168 valence electrons. The van der Waals surface area contributed by atoms with E-state index in [9.17, 15) is 14.7 Å². The summed E-state index contributed by atoms with van der Waals surface area (Å²) in [5.74, 6) is -0.503. The third kappa shape index (κ3) is 4.28. The minimum Gasteiger partial charge on any atom is -0.507 e. The van der Waals surface area contributed by atoms with E-state index in [0.717, 1.165) is 48.2 Å². The minimum atomic E-state index is -0.632. The zero-order valence-electron chi connectivity index (χ0n) is 18.9. The first-order valence-electron chi connectivity index (χ1n) is 11.1. The molecule has 2 aromatic rings. The molecule has 2 heterocycles. The Morgan fingerprint density at radius 1 is 1.19 bits per heavy atom. The van der Waals surface area contributed by atoms with Crippen LogP contribution >= 0.6 is 0 Å². The lowest BCUT2D eigenvalue weighted by atomic mass is 9.93. The molecule has 2 aliphatic rings. The van der Waals surface area contributed by atoms with Crippen molar-refractivity contribution in [1.82, 2.24) is 9.80 Å². The van der Waals surface area contributed by atoms with Crippen molar-refractivity contribution in [1.29, 1.82) is 0 Å². The Bertz CT molecular complexity index is 1070.